The van der Waals surface area contributed by atoms with E-state index in [1.165, 1.54) is 0 Å². The summed E-state index contributed by atoms with van der Waals surface area (Å²) in [6, 6.07) is 4.13. The molecule has 2 aromatic rings. The molecule has 0 spiro atoms. The zero-order chi connectivity index (χ0) is 23.1. The fraction of sp³-hybridized carbons (Fsp3) is 0.476. The highest BCUT2D eigenvalue weighted by Crippen LogP contribution is 2.32. The Labute approximate surface area is 176 Å². The fourth-order valence-corrected chi connectivity index (χ4v) is 3.57. The molecular weight excluding hydrogens is 418 g/mol. The number of hydrogen-bond acceptors (Lipinski definition) is 3. The minimum absolute atomic E-state index is 0.136. The van der Waals surface area contributed by atoms with Crippen molar-refractivity contribution in [3.05, 3.63) is 52.4 Å². The number of nitrogens with zero attached hydrogens (tertiary/aromatic N) is 3. The van der Waals surface area contributed by atoms with Crippen LogP contribution in [0.1, 0.15) is 55.2 Å². The molecule has 168 valence electrons. The summed E-state index contributed by atoms with van der Waals surface area (Å²) in [5.41, 5.74) is -1.72. The fourth-order valence-electron chi connectivity index (χ4n) is 3.57. The van der Waals surface area contributed by atoms with Crippen molar-refractivity contribution in [2.75, 3.05) is 0 Å². The van der Waals surface area contributed by atoms with Gasteiger partial charge in [0.05, 0.1) is 17.7 Å². The Morgan fingerprint density at radius 2 is 1.94 bits per heavy atom. The average molecular weight is 441 g/mol. The minimum atomic E-state index is -4.93. The molecule has 6 nitrogen and oxygen atoms in total. The van der Waals surface area contributed by atoms with E-state index in [0.29, 0.717) is 12.5 Å². The molecule has 0 N–H and O–H groups in total. The van der Waals surface area contributed by atoms with Gasteiger partial charge in [0, 0.05) is 30.6 Å². The van der Waals surface area contributed by atoms with Gasteiger partial charge in [0.15, 0.2) is 5.49 Å². The van der Waals surface area contributed by atoms with E-state index in [1.807, 2.05) is 20.8 Å². The molecule has 2 heterocycles. The van der Waals surface area contributed by atoms with E-state index in [0.717, 1.165) is 17.8 Å². The number of benzene rings is 1. The lowest BCUT2D eigenvalue weighted by molar-refractivity contribution is -0.142. The first-order valence-electron chi connectivity index (χ1n) is 9.70. The Kier molecular flexibility index (Phi) is 5.86. The second-order valence-corrected chi connectivity index (χ2v) is 8.48. The molecular formula is C21H23F4N3O3. The number of hydrogen-bond donors (Lipinski definition) is 0. The van der Waals surface area contributed by atoms with E-state index in [9.17, 15) is 27.2 Å². The summed E-state index contributed by atoms with van der Waals surface area (Å²) in [6.45, 7) is 6.04. The third-order valence-corrected chi connectivity index (χ3v) is 5.11. The number of carbonyl (C=O) groups is 2. The Morgan fingerprint density at radius 1 is 1.26 bits per heavy atom. The van der Waals surface area contributed by atoms with E-state index >= 15 is 0 Å². The molecule has 1 saturated heterocycles. The number of esters is 1. The summed E-state index contributed by atoms with van der Waals surface area (Å²) in [4.78, 5) is 28.0. The predicted octanol–water partition coefficient (Wildman–Crippen LogP) is 3.73. The second-order valence-electron chi connectivity index (χ2n) is 8.48. The molecule has 0 aliphatic carbocycles. The van der Waals surface area contributed by atoms with Crippen LogP contribution >= 0.6 is 0 Å². The third-order valence-electron chi connectivity index (χ3n) is 5.11. The Balaban J connectivity index is 2.09. The van der Waals surface area contributed by atoms with Gasteiger partial charge in [-0.2, -0.15) is 18.2 Å². The van der Waals surface area contributed by atoms with Crippen LogP contribution in [0.2, 0.25) is 0 Å². The predicted molar refractivity (Wildman–Crippen MR) is 103 cm³/mol. The zero-order valence-corrected chi connectivity index (χ0v) is 17.6. The standard InChI is InChI=1S/C21H23F4N3O3/c1-20(2,3)15-10-16(28(27(15)4)11-12-8-9-17(29)31-12)26-19(30)13-6-5-7-14(18(13)22)21(23,24)25/h5-7,10,12H,8-9,11H2,1-4H3/t12-/m0/s1. The van der Waals surface area contributed by atoms with Crippen LogP contribution in [0.4, 0.5) is 17.6 Å². The maximum atomic E-state index is 14.4. The lowest BCUT2D eigenvalue weighted by atomic mass is 9.92. The monoisotopic (exact) mass is 441 g/mol. The number of carbonyl (C=O) groups excluding carboxylic acids is 2. The first-order valence-corrected chi connectivity index (χ1v) is 9.70. The maximum absolute atomic E-state index is 14.4. The van der Waals surface area contributed by atoms with E-state index < -0.39 is 35.1 Å². The number of alkyl halides is 3. The molecule has 0 bridgehead atoms. The summed E-state index contributed by atoms with van der Waals surface area (Å²) in [5, 5.41) is 0. The topological polar surface area (TPSA) is 65.6 Å². The van der Waals surface area contributed by atoms with Gasteiger partial charge in [0.2, 0.25) is 0 Å². The van der Waals surface area contributed by atoms with Gasteiger partial charge in [-0.1, -0.05) is 26.8 Å². The van der Waals surface area contributed by atoms with Crippen molar-refractivity contribution in [3.63, 3.8) is 0 Å². The SMILES string of the molecule is Cn1c(C(C)(C)C)cc(=NC(=O)c2cccc(C(F)(F)F)c2F)n1C[C@@H]1CCC(=O)O1. The van der Waals surface area contributed by atoms with E-state index in [4.69, 9.17) is 4.74 Å². The normalized spacial score (nSPS) is 17.9. The molecule has 1 aliphatic heterocycles. The highest BCUT2D eigenvalue weighted by Gasteiger charge is 2.36. The minimum Gasteiger partial charge on any atom is -0.460 e. The van der Waals surface area contributed by atoms with Gasteiger partial charge >= 0.3 is 12.1 Å². The quantitative estimate of drug-likeness (QED) is 0.539. The number of rotatable bonds is 3. The highest BCUT2D eigenvalue weighted by atomic mass is 19.4. The molecule has 1 aromatic heterocycles. The number of aromatic nitrogens is 2. The number of ether oxygens (including phenoxy) is 1. The number of cyclic esters (lactones) is 1. The summed E-state index contributed by atoms with van der Waals surface area (Å²) in [6.07, 6.45) is -4.58. The third kappa shape index (κ3) is 4.72. The first-order chi connectivity index (χ1) is 14.3. The van der Waals surface area contributed by atoms with Gasteiger partial charge < -0.3 is 4.74 Å². The molecule has 1 atom stereocenters. The van der Waals surface area contributed by atoms with Crippen LogP contribution in [0, 0.1) is 5.82 Å². The van der Waals surface area contributed by atoms with Crippen molar-refractivity contribution < 1.29 is 31.9 Å². The average Bonchev–Trinajstić information content (AvgIpc) is 3.18. The largest absolute Gasteiger partial charge is 0.460 e. The molecule has 10 heteroatoms. The smallest absolute Gasteiger partial charge is 0.419 e. The Hall–Kier alpha value is -2.91. The van der Waals surface area contributed by atoms with Crippen LogP contribution < -0.4 is 5.49 Å². The van der Waals surface area contributed by atoms with Crippen LogP contribution in [-0.2, 0) is 34.7 Å². The summed E-state index contributed by atoms with van der Waals surface area (Å²) in [5.74, 6) is -3.12. The highest BCUT2D eigenvalue weighted by molar-refractivity contribution is 5.95. The van der Waals surface area contributed by atoms with Gasteiger partial charge in [0.1, 0.15) is 11.9 Å². The van der Waals surface area contributed by atoms with E-state index in [-0.39, 0.29) is 29.8 Å². The van der Waals surface area contributed by atoms with Gasteiger partial charge in [-0.3, -0.25) is 19.0 Å². The maximum Gasteiger partial charge on any atom is 0.419 e. The number of amides is 1. The van der Waals surface area contributed by atoms with Gasteiger partial charge in [-0.05, 0) is 18.6 Å². The molecule has 0 unspecified atom stereocenters. The zero-order valence-electron chi connectivity index (χ0n) is 17.6. The van der Waals surface area contributed by atoms with E-state index in [1.54, 1.807) is 22.5 Å². The first kappa shape index (κ1) is 22.8. The molecule has 0 saturated carbocycles. The van der Waals surface area contributed by atoms with E-state index in [2.05, 4.69) is 4.99 Å². The molecule has 31 heavy (non-hydrogen) atoms. The summed E-state index contributed by atoms with van der Waals surface area (Å²) < 4.78 is 62.0. The van der Waals surface area contributed by atoms with Crippen molar-refractivity contribution >= 4 is 11.9 Å². The molecule has 3 rings (SSSR count). The summed E-state index contributed by atoms with van der Waals surface area (Å²) in [7, 11) is 1.74. The van der Waals surface area contributed by atoms with Gasteiger partial charge in [-0.25, -0.2) is 4.39 Å². The lowest BCUT2D eigenvalue weighted by Gasteiger charge is -2.21. The Morgan fingerprint density at radius 3 is 2.48 bits per heavy atom. The van der Waals surface area contributed by atoms with Crippen LogP contribution in [0.3, 0.4) is 0 Å². The lowest BCUT2D eigenvalue weighted by Crippen LogP contribution is -2.30. The van der Waals surface area contributed by atoms with Crippen LogP contribution in [0.15, 0.2) is 29.3 Å². The van der Waals surface area contributed by atoms with Gasteiger partial charge in [-0.15, -0.1) is 0 Å². The second kappa shape index (κ2) is 7.97. The van der Waals surface area contributed by atoms with Crippen molar-refractivity contribution in [2.24, 2.45) is 12.0 Å². The van der Waals surface area contributed by atoms with Crippen molar-refractivity contribution in [3.8, 4) is 0 Å². The molecule has 1 fully saturated rings. The van der Waals surface area contributed by atoms with Crippen LogP contribution in [0.25, 0.3) is 0 Å². The Bertz CT molecular complexity index is 1090. The summed E-state index contributed by atoms with van der Waals surface area (Å²) >= 11 is 0. The number of halogens is 4. The molecule has 1 amide bonds. The van der Waals surface area contributed by atoms with Gasteiger partial charge in [0.25, 0.3) is 5.91 Å². The van der Waals surface area contributed by atoms with Crippen LogP contribution in [-0.4, -0.2) is 27.3 Å². The molecule has 1 aliphatic rings. The molecule has 0 radical (unpaired) electrons. The van der Waals surface area contributed by atoms with Crippen molar-refractivity contribution in [1.29, 1.82) is 0 Å². The molecule has 1 aromatic carbocycles. The van der Waals surface area contributed by atoms with Crippen molar-refractivity contribution in [2.45, 2.75) is 57.9 Å². The van der Waals surface area contributed by atoms with Crippen molar-refractivity contribution in [1.82, 2.24) is 9.36 Å². The van der Waals surface area contributed by atoms with Crippen LogP contribution in [0.5, 0.6) is 0 Å².